The number of sulfonamides is 1. The first kappa shape index (κ1) is 17.0. The molecule has 0 fully saturated rings. The minimum absolute atomic E-state index is 0.206. The van der Waals surface area contributed by atoms with Crippen molar-refractivity contribution >= 4 is 10.0 Å². The van der Waals surface area contributed by atoms with Gasteiger partial charge in [-0.2, -0.15) is 0 Å². The first-order valence-electron chi connectivity index (χ1n) is 7.96. The molecule has 1 atom stereocenters. The lowest BCUT2D eigenvalue weighted by atomic mass is 9.92. The normalized spacial score (nSPS) is 15.8. The molecule has 0 heterocycles. The van der Waals surface area contributed by atoms with Crippen molar-refractivity contribution in [2.75, 3.05) is 0 Å². The van der Waals surface area contributed by atoms with E-state index in [0.717, 1.165) is 43.4 Å². The van der Waals surface area contributed by atoms with Crippen molar-refractivity contribution in [1.82, 2.24) is 4.72 Å². The largest absolute Gasteiger partial charge is 0.241 e. The van der Waals surface area contributed by atoms with E-state index in [1.54, 1.807) is 19.1 Å². The summed E-state index contributed by atoms with van der Waals surface area (Å²) in [6.07, 6.45) is 4.06. The summed E-state index contributed by atoms with van der Waals surface area (Å²) in [5.74, 6) is -1.95. The van der Waals surface area contributed by atoms with E-state index in [1.807, 2.05) is 6.07 Å². The molecule has 0 spiro atoms. The number of hydrogen-bond acceptors (Lipinski definition) is 2. The van der Waals surface area contributed by atoms with Gasteiger partial charge in [0.15, 0.2) is 11.6 Å². The fourth-order valence-corrected chi connectivity index (χ4v) is 4.31. The second kappa shape index (κ2) is 6.61. The van der Waals surface area contributed by atoms with Crippen LogP contribution in [0, 0.1) is 11.6 Å². The minimum Gasteiger partial charge on any atom is -0.207 e. The lowest BCUT2D eigenvalue weighted by molar-refractivity contribution is 0.504. The Morgan fingerprint density at radius 2 is 1.67 bits per heavy atom. The van der Waals surface area contributed by atoms with E-state index in [4.69, 9.17) is 0 Å². The van der Waals surface area contributed by atoms with Crippen molar-refractivity contribution < 1.29 is 17.2 Å². The number of hydrogen-bond donors (Lipinski definition) is 1. The van der Waals surface area contributed by atoms with Crippen molar-refractivity contribution in [2.24, 2.45) is 0 Å². The second-order valence-corrected chi connectivity index (χ2v) is 7.87. The molecule has 0 aromatic heterocycles. The monoisotopic (exact) mass is 351 g/mol. The standard InChI is InChI=1S/C18H19F2NO2S/c1-12(14-7-9-17(19)18(20)11-14)21-24(22,23)16-8-6-13-4-2-3-5-15(13)10-16/h6-12,21H,2-5H2,1H3/t12-/m1/s1. The highest BCUT2D eigenvalue weighted by molar-refractivity contribution is 7.89. The van der Waals surface area contributed by atoms with Gasteiger partial charge < -0.3 is 0 Å². The molecule has 0 radical (unpaired) electrons. The van der Waals surface area contributed by atoms with Gasteiger partial charge in [-0.05, 0) is 73.6 Å². The van der Waals surface area contributed by atoms with Gasteiger partial charge in [0.25, 0.3) is 0 Å². The Balaban J connectivity index is 1.84. The van der Waals surface area contributed by atoms with E-state index in [-0.39, 0.29) is 4.90 Å². The quantitative estimate of drug-likeness (QED) is 0.908. The van der Waals surface area contributed by atoms with Crippen LogP contribution in [0.2, 0.25) is 0 Å². The highest BCUT2D eigenvalue weighted by Crippen LogP contribution is 2.25. The molecule has 1 aliphatic rings. The van der Waals surface area contributed by atoms with Crippen LogP contribution in [0.5, 0.6) is 0 Å². The number of rotatable bonds is 4. The van der Waals surface area contributed by atoms with Gasteiger partial charge in [0, 0.05) is 6.04 Å². The third kappa shape index (κ3) is 3.49. The van der Waals surface area contributed by atoms with Gasteiger partial charge in [0.2, 0.25) is 10.0 Å². The van der Waals surface area contributed by atoms with Crippen LogP contribution in [0.25, 0.3) is 0 Å². The minimum atomic E-state index is -3.73. The molecular weight excluding hydrogens is 332 g/mol. The van der Waals surface area contributed by atoms with Gasteiger partial charge in [0.05, 0.1) is 4.90 Å². The summed E-state index contributed by atoms with van der Waals surface area (Å²) in [4.78, 5) is 0.206. The first-order chi connectivity index (χ1) is 11.4. The SMILES string of the molecule is C[C@@H](NS(=O)(=O)c1ccc2c(c1)CCCC2)c1ccc(F)c(F)c1. The lowest BCUT2D eigenvalue weighted by Gasteiger charge is -2.18. The highest BCUT2D eigenvalue weighted by Gasteiger charge is 2.21. The molecule has 0 amide bonds. The molecule has 24 heavy (non-hydrogen) atoms. The van der Waals surface area contributed by atoms with Gasteiger partial charge in [-0.3, -0.25) is 0 Å². The lowest BCUT2D eigenvalue weighted by Crippen LogP contribution is -2.27. The molecule has 2 aromatic rings. The fourth-order valence-electron chi connectivity index (χ4n) is 3.03. The van der Waals surface area contributed by atoms with Gasteiger partial charge >= 0.3 is 0 Å². The van der Waals surface area contributed by atoms with Crippen LogP contribution in [-0.2, 0) is 22.9 Å². The smallest absolute Gasteiger partial charge is 0.207 e. The number of nitrogens with one attached hydrogen (secondary N) is 1. The summed E-state index contributed by atoms with van der Waals surface area (Å²) in [5.41, 5.74) is 2.65. The van der Waals surface area contributed by atoms with Crippen molar-refractivity contribution in [2.45, 2.75) is 43.5 Å². The van der Waals surface area contributed by atoms with Gasteiger partial charge in [-0.15, -0.1) is 0 Å². The van der Waals surface area contributed by atoms with Gasteiger partial charge in [-0.1, -0.05) is 12.1 Å². The summed E-state index contributed by atoms with van der Waals surface area (Å²) in [6, 6.07) is 7.90. The Morgan fingerprint density at radius 1 is 0.958 bits per heavy atom. The van der Waals surface area contributed by atoms with Crippen molar-refractivity contribution in [3.8, 4) is 0 Å². The van der Waals surface area contributed by atoms with E-state index in [1.165, 1.54) is 11.6 Å². The zero-order valence-corrected chi connectivity index (χ0v) is 14.2. The Bertz CT molecular complexity index is 865. The number of benzene rings is 2. The van der Waals surface area contributed by atoms with Crippen LogP contribution >= 0.6 is 0 Å². The summed E-state index contributed by atoms with van der Waals surface area (Å²) in [6.45, 7) is 1.60. The Labute approximate surface area is 140 Å². The average molecular weight is 351 g/mol. The predicted molar refractivity (Wildman–Crippen MR) is 88.2 cm³/mol. The molecule has 0 saturated heterocycles. The summed E-state index contributed by atoms with van der Waals surface area (Å²) in [7, 11) is -3.73. The number of aryl methyl sites for hydroxylation is 2. The molecule has 2 aromatic carbocycles. The zero-order chi connectivity index (χ0) is 17.3. The molecule has 6 heteroatoms. The Kier molecular flexibility index (Phi) is 4.69. The molecule has 0 saturated carbocycles. The van der Waals surface area contributed by atoms with Gasteiger partial charge in [0.1, 0.15) is 0 Å². The number of halogens is 2. The average Bonchev–Trinajstić information content (AvgIpc) is 2.56. The van der Waals surface area contributed by atoms with Crippen LogP contribution < -0.4 is 4.72 Å². The Hall–Kier alpha value is -1.79. The predicted octanol–water partition coefficient (Wildman–Crippen LogP) is 3.88. The fraction of sp³-hybridized carbons (Fsp3) is 0.333. The topological polar surface area (TPSA) is 46.2 Å². The van der Waals surface area contributed by atoms with E-state index in [0.29, 0.717) is 5.56 Å². The summed E-state index contributed by atoms with van der Waals surface area (Å²) in [5, 5.41) is 0. The summed E-state index contributed by atoms with van der Waals surface area (Å²) < 4.78 is 54.0. The molecule has 0 bridgehead atoms. The van der Waals surface area contributed by atoms with Crippen LogP contribution in [0.15, 0.2) is 41.3 Å². The molecule has 1 N–H and O–H groups in total. The highest BCUT2D eigenvalue weighted by atomic mass is 32.2. The molecule has 0 aliphatic heterocycles. The molecule has 1 aliphatic carbocycles. The molecule has 0 unspecified atom stereocenters. The van der Waals surface area contributed by atoms with Crippen molar-refractivity contribution in [1.29, 1.82) is 0 Å². The van der Waals surface area contributed by atoms with E-state index in [2.05, 4.69) is 4.72 Å². The van der Waals surface area contributed by atoms with E-state index in [9.17, 15) is 17.2 Å². The van der Waals surface area contributed by atoms with E-state index >= 15 is 0 Å². The van der Waals surface area contributed by atoms with Gasteiger partial charge in [-0.25, -0.2) is 21.9 Å². The van der Waals surface area contributed by atoms with Crippen LogP contribution in [0.4, 0.5) is 8.78 Å². The van der Waals surface area contributed by atoms with Crippen LogP contribution in [0.1, 0.15) is 42.5 Å². The van der Waals surface area contributed by atoms with Crippen LogP contribution in [0.3, 0.4) is 0 Å². The zero-order valence-electron chi connectivity index (χ0n) is 13.4. The van der Waals surface area contributed by atoms with E-state index < -0.39 is 27.7 Å². The van der Waals surface area contributed by atoms with Crippen LogP contribution in [-0.4, -0.2) is 8.42 Å². The maximum atomic E-state index is 13.3. The third-order valence-electron chi connectivity index (χ3n) is 4.41. The number of fused-ring (bicyclic) bond motifs is 1. The second-order valence-electron chi connectivity index (χ2n) is 6.15. The van der Waals surface area contributed by atoms with Crippen molar-refractivity contribution in [3.63, 3.8) is 0 Å². The maximum absolute atomic E-state index is 13.3. The third-order valence-corrected chi connectivity index (χ3v) is 5.94. The maximum Gasteiger partial charge on any atom is 0.241 e. The molecule has 3 rings (SSSR count). The molecular formula is C18H19F2NO2S. The molecule has 128 valence electrons. The first-order valence-corrected chi connectivity index (χ1v) is 9.44. The molecule has 3 nitrogen and oxygen atoms in total. The van der Waals surface area contributed by atoms with Crippen molar-refractivity contribution in [3.05, 3.63) is 64.7 Å². The Morgan fingerprint density at radius 3 is 2.38 bits per heavy atom. The summed E-state index contributed by atoms with van der Waals surface area (Å²) >= 11 is 0.